The van der Waals surface area contributed by atoms with Gasteiger partial charge in [0.1, 0.15) is 10.7 Å². The van der Waals surface area contributed by atoms with Gasteiger partial charge in [-0.3, -0.25) is 0 Å². The van der Waals surface area contributed by atoms with Crippen molar-refractivity contribution in [3.05, 3.63) is 28.0 Å². The first-order valence-electron chi connectivity index (χ1n) is 6.87. The Bertz CT molecular complexity index is 591. The Morgan fingerprint density at radius 1 is 1.38 bits per heavy atom. The van der Waals surface area contributed by atoms with E-state index in [-0.39, 0.29) is 17.5 Å². The molecule has 0 amide bonds. The number of sulfonamides is 1. The van der Waals surface area contributed by atoms with Crippen LogP contribution in [0.3, 0.4) is 0 Å². The average molecular weight is 381 g/mol. The highest BCUT2D eigenvalue weighted by molar-refractivity contribution is 9.10. The molecule has 0 aliphatic carbocycles. The van der Waals surface area contributed by atoms with Crippen LogP contribution in [0.15, 0.2) is 21.5 Å². The van der Waals surface area contributed by atoms with Crippen LogP contribution >= 0.6 is 15.9 Å². The molecule has 0 fully saturated rings. The Hall–Kier alpha value is -0.500. The van der Waals surface area contributed by atoms with Crippen molar-refractivity contribution in [1.29, 1.82) is 0 Å². The fraction of sp³-hybridized carbons (Fsp3) is 0.571. The molecular weight excluding hydrogens is 359 g/mol. The van der Waals surface area contributed by atoms with Crippen LogP contribution in [-0.2, 0) is 16.6 Å². The van der Waals surface area contributed by atoms with Gasteiger partial charge in [0.15, 0.2) is 0 Å². The number of hydrogen-bond acceptors (Lipinski definition) is 3. The van der Waals surface area contributed by atoms with E-state index in [2.05, 4.69) is 21.2 Å². The molecule has 0 saturated carbocycles. The number of benzene rings is 1. The summed E-state index contributed by atoms with van der Waals surface area (Å²) in [6.45, 7) is 6.41. The van der Waals surface area contributed by atoms with Crippen LogP contribution in [0, 0.1) is 5.82 Å². The zero-order valence-electron chi connectivity index (χ0n) is 12.8. The minimum atomic E-state index is -3.81. The van der Waals surface area contributed by atoms with Crippen molar-refractivity contribution in [1.82, 2.24) is 9.62 Å². The summed E-state index contributed by atoms with van der Waals surface area (Å²) >= 11 is 3.26. The van der Waals surface area contributed by atoms with E-state index >= 15 is 0 Å². The van der Waals surface area contributed by atoms with Crippen molar-refractivity contribution >= 4 is 26.0 Å². The zero-order valence-corrected chi connectivity index (χ0v) is 15.2. The summed E-state index contributed by atoms with van der Waals surface area (Å²) in [7, 11) is -2.35. The first kappa shape index (κ1) is 18.5. The van der Waals surface area contributed by atoms with E-state index in [0.717, 1.165) is 0 Å². The van der Waals surface area contributed by atoms with Crippen LogP contribution in [0.4, 0.5) is 4.39 Å². The van der Waals surface area contributed by atoms with Crippen LogP contribution in [0.2, 0.25) is 0 Å². The van der Waals surface area contributed by atoms with Gasteiger partial charge in [-0.25, -0.2) is 17.1 Å². The molecule has 0 heterocycles. The Balaban J connectivity index is 3.24. The number of rotatable bonds is 7. The van der Waals surface area contributed by atoms with Crippen molar-refractivity contribution in [3.63, 3.8) is 0 Å². The van der Waals surface area contributed by atoms with Gasteiger partial charge in [-0.2, -0.15) is 0 Å². The van der Waals surface area contributed by atoms with Crippen molar-refractivity contribution in [2.75, 3.05) is 13.6 Å². The smallest absolute Gasteiger partial charge is 0.245 e. The Morgan fingerprint density at radius 3 is 2.52 bits per heavy atom. The lowest BCUT2D eigenvalue weighted by Crippen LogP contribution is -2.29. The van der Waals surface area contributed by atoms with Gasteiger partial charge in [0.05, 0.1) is 0 Å². The SMILES string of the molecule is CCCN(C)S(=O)(=O)c1cc(Br)cc(CNC(C)C)c1F. The maximum absolute atomic E-state index is 14.5. The minimum absolute atomic E-state index is 0.186. The highest BCUT2D eigenvalue weighted by atomic mass is 79.9. The molecule has 1 rings (SSSR count). The second-order valence-electron chi connectivity index (χ2n) is 5.24. The molecule has 7 heteroatoms. The van der Waals surface area contributed by atoms with E-state index in [0.29, 0.717) is 23.0 Å². The monoisotopic (exact) mass is 380 g/mol. The molecule has 1 aromatic rings. The van der Waals surface area contributed by atoms with E-state index in [4.69, 9.17) is 0 Å². The number of nitrogens with one attached hydrogen (secondary N) is 1. The lowest BCUT2D eigenvalue weighted by Gasteiger charge is -2.18. The zero-order chi connectivity index (χ0) is 16.2. The fourth-order valence-corrected chi connectivity index (χ4v) is 3.90. The third-order valence-corrected chi connectivity index (χ3v) is 5.32. The summed E-state index contributed by atoms with van der Waals surface area (Å²) < 4.78 is 41.1. The highest BCUT2D eigenvalue weighted by Gasteiger charge is 2.26. The van der Waals surface area contributed by atoms with Gasteiger partial charge in [-0.1, -0.05) is 36.7 Å². The van der Waals surface area contributed by atoms with E-state index < -0.39 is 15.8 Å². The van der Waals surface area contributed by atoms with Crippen LogP contribution in [-0.4, -0.2) is 32.4 Å². The molecule has 0 saturated heterocycles. The summed E-state index contributed by atoms with van der Waals surface area (Å²) in [5.41, 5.74) is 0.335. The molecule has 0 aliphatic heterocycles. The molecule has 4 nitrogen and oxygen atoms in total. The van der Waals surface area contributed by atoms with Gasteiger partial charge in [0, 0.05) is 36.2 Å². The van der Waals surface area contributed by atoms with Gasteiger partial charge in [0.2, 0.25) is 10.0 Å². The summed E-state index contributed by atoms with van der Waals surface area (Å²) in [6, 6.07) is 3.10. The molecule has 0 unspecified atom stereocenters. The summed E-state index contributed by atoms with van der Waals surface area (Å²) in [6.07, 6.45) is 0.674. The van der Waals surface area contributed by atoms with E-state index in [9.17, 15) is 12.8 Å². The Morgan fingerprint density at radius 2 is 2.00 bits per heavy atom. The second-order valence-corrected chi connectivity index (χ2v) is 8.17. The van der Waals surface area contributed by atoms with E-state index in [1.54, 1.807) is 6.07 Å². The molecular formula is C14H22BrFN2O2S. The Labute approximate surface area is 134 Å². The third-order valence-electron chi connectivity index (χ3n) is 3.01. The molecule has 0 spiro atoms. The predicted molar refractivity (Wildman–Crippen MR) is 86.2 cm³/mol. The molecule has 0 radical (unpaired) electrons. The first-order chi connectivity index (χ1) is 9.70. The molecule has 21 heavy (non-hydrogen) atoms. The lowest BCUT2D eigenvalue weighted by molar-refractivity contribution is 0.459. The second kappa shape index (κ2) is 7.67. The summed E-state index contributed by atoms with van der Waals surface area (Å²) in [5, 5.41) is 3.09. The standard InChI is InChI=1S/C14H22BrFN2O2S/c1-5-6-18(4)21(19,20)13-8-12(15)7-11(14(13)16)9-17-10(2)3/h7-8,10,17H,5-6,9H2,1-4H3. The van der Waals surface area contributed by atoms with Gasteiger partial charge < -0.3 is 5.32 Å². The van der Waals surface area contributed by atoms with Crippen LogP contribution in [0.1, 0.15) is 32.8 Å². The molecule has 0 aromatic heterocycles. The summed E-state index contributed by atoms with van der Waals surface area (Å²) in [5.74, 6) is -0.686. The van der Waals surface area contributed by atoms with Crippen LogP contribution in [0.25, 0.3) is 0 Å². The lowest BCUT2D eigenvalue weighted by atomic mass is 10.2. The third kappa shape index (κ3) is 4.74. The number of hydrogen-bond donors (Lipinski definition) is 1. The molecule has 0 aliphatic rings. The molecule has 1 aromatic carbocycles. The van der Waals surface area contributed by atoms with E-state index in [1.165, 1.54) is 17.4 Å². The average Bonchev–Trinajstić information content (AvgIpc) is 2.39. The number of halogens is 2. The Kier molecular flexibility index (Phi) is 6.77. The van der Waals surface area contributed by atoms with E-state index in [1.807, 2.05) is 20.8 Å². The summed E-state index contributed by atoms with van der Waals surface area (Å²) in [4.78, 5) is -0.284. The first-order valence-corrected chi connectivity index (χ1v) is 9.11. The quantitative estimate of drug-likeness (QED) is 0.790. The maximum atomic E-state index is 14.5. The van der Waals surface area contributed by atoms with Gasteiger partial charge >= 0.3 is 0 Å². The van der Waals surface area contributed by atoms with Crippen molar-refractivity contribution in [3.8, 4) is 0 Å². The van der Waals surface area contributed by atoms with Crippen molar-refractivity contribution in [2.45, 2.75) is 44.7 Å². The normalized spacial score (nSPS) is 12.4. The number of nitrogens with zero attached hydrogens (tertiary/aromatic N) is 1. The predicted octanol–water partition coefficient (Wildman–Crippen LogP) is 3.12. The van der Waals surface area contributed by atoms with Crippen LogP contribution in [0.5, 0.6) is 0 Å². The van der Waals surface area contributed by atoms with Crippen molar-refractivity contribution in [2.24, 2.45) is 0 Å². The van der Waals surface area contributed by atoms with Gasteiger partial charge in [-0.15, -0.1) is 0 Å². The topological polar surface area (TPSA) is 49.4 Å². The molecule has 120 valence electrons. The van der Waals surface area contributed by atoms with Gasteiger partial charge in [-0.05, 0) is 18.6 Å². The van der Waals surface area contributed by atoms with Crippen LogP contribution < -0.4 is 5.32 Å². The molecule has 0 atom stereocenters. The van der Waals surface area contributed by atoms with Gasteiger partial charge in [0.25, 0.3) is 0 Å². The maximum Gasteiger partial charge on any atom is 0.245 e. The van der Waals surface area contributed by atoms with Crippen molar-refractivity contribution < 1.29 is 12.8 Å². The largest absolute Gasteiger partial charge is 0.310 e. The fourth-order valence-electron chi connectivity index (χ4n) is 1.85. The molecule has 0 bridgehead atoms. The molecule has 1 N–H and O–H groups in total. The highest BCUT2D eigenvalue weighted by Crippen LogP contribution is 2.26. The minimum Gasteiger partial charge on any atom is -0.310 e.